The highest BCUT2D eigenvalue weighted by atomic mass is 79.9. The molecule has 0 aromatic heterocycles. The second-order valence-corrected chi connectivity index (χ2v) is 5.45. The van der Waals surface area contributed by atoms with Gasteiger partial charge in [0.15, 0.2) is 0 Å². The fraction of sp³-hybridized carbons (Fsp3) is 0.818. The number of likely N-dealkylation sites (tertiary alicyclic amines) is 1. The fourth-order valence-electron chi connectivity index (χ4n) is 2.78. The van der Waals surface area contributed by atoms with E-state index in [9.17, 15) is 9.59 Å². The van der Waals surface area contributed by atoms with Gasteiger partial charge < -0.3 is 0 Å². The molecule has 1 saturated heterocycles. The molecule has 1 saturated carbocycles. The smallest absolute Gasteiger partial charge is 0.233 e. The first kappa shape index (κ1) is 11.1. The molecule has 84 valence electrons. The molecule has 15 heavy (non-hydrogen) atoms. The van der Waals surface area contributed by atoms with Crippen LogP contribution < -0.4 is 0 Å². The highest BCUT2D eigenvalue weighted by Crippen LogP contribution is 2.42. The molecule has 1 heterocycles. The summed E-state index contributed by atoms with van der Waals surface area (Å²) in [5.41, 5.74) is 0. The Balaban J connectivity index is 2.06. The molecule has 2 fully saturated rings. The summed E-state index contributed by atoms with van der Waals surface area (Å²) >= 11 is 3.32. The normalized spacial score (nSPS) is 35.1. The minimum atomic E-state index is 0.00262. The number of rotatable bonds is 3. The van der Waals surface area contributed by atoms with E-state index in [0.29, 0.717) is 12.5 Å². The molecule has 0 bridgehead atoms. The zero-order valence-corrected chi connectivity index (χ0v) is 10.5. The summed E-state index contributed by atoms with van der Waals surface area (Å²) in [6, 6.07) is 0. The zero-order chi connectivity index (χ0) is 11.0. The van der Waals surface area contributed by atoms with E-state index in [2.05, 4.69) is 22.9 Å². The van der Waals surface area contributed by atoms with Crippen molar-refractivity contribution >= 4 is 27.7 Å². The first-order valence-electron chi connectivity index (χ1n) is 5.56. The third-order valence-electron chi connectivity index (χ3n) is 3.48. The number of halogens is 1. The molecule has 1 aliphatic carbocycles. The molecule has 1 aliphatic heterocycles. The van der Waals surface area contributed by atoms with Crippen molar-refractivity contribution in [2.45, 2.75) is 26.2 Å². The van der Waals surface area contributed by atoms with Gasteiger partial charge in [0.1, 0.15) is 0 Å². The molecule has 0 N–H and O–H groups in total. The Bertz CT molecular complexity index is 268. The Labute approximate surface area is 98.3 Å². The lowest BCUT2D eigenvalue weighted by molar-refractivity contribution is -0.140. The van der Waals surface area contributed by atoms with Crippen molar-refractivity contribution in [3.05, 3.63) is 0 Å². The second-order valence-electron chi connectivity index (χ2n) is 4.66. The van der Waals surface area contributed by atoms with Crippen molar-refractivity contribution in [3.63, 3.8) is 0 Å². The van der Waals surface area contributed by atoms with Crippen molar-refractivity contribution < 1.29 is 9.59 Å². The molecule has 0 spiro atoms. The van der Waals surface area contributed by atoms with E-state index in [1.54, 1.807) is 0 Å². The maximum Gasteiger partial charge on any atom is 0.233 e. The number of carbonyl (C=O) groups excluding carboxylic acids is 2. The molecule has 2 amide bonds. The predicted octanol–water partition coefficient (Wildman–Crippen LogP) is 1.80. The number of amides is 2. The second kappa shape index (κ2) is 4.24. The van der Waals surface area contributed by atoms with Crippen LogP contribution in [0.15, 0.2) is 0 Å². The average molecular weight is 274 g/mol. The molecule has 4 heteroatoms. The van der Waals surface area contributed by atoms with Crippen LogP contribution in [0, 0.1) is 17.8 Å². The van der Waals surface area contributed by atoms with Gasteiger partial charge in [-0.05, 0) is 25.2 Å². The van der Waals surface area contributed by atoms with Crippen LogP contribution in [-0.4, -0.2) is 28.6 Å². The summed E-state index contributed by atoms with van der Waals surface area (Å²) in [5.74, 6) is 0.697. The van der Waals surface area contributed by atoms with Gasteiger partial charge in [-0.15, -0.1) is 0 Å². The monoisotopic (exact) mass is 273 g/mol. The van der Waals surface area contributed by atoms with Crippen LogP contribution in [0.4, 0.5) is 0 Å². The molecule has 0 aromatic rings. The lowest BCUT2D eigenvalue weighted by atomic mass is 10.00. The molecule has 3 nitrogen and oxygen atoms in total. The van der Waals surface area contributed by atoms with Crippen LogP contribution in [0.5, 0.6) is 0 Å². The quantitative estimate of drug-likeness (QED) is 0.581. The van der Waals surface area contributed by atoms with E-state index in [1.807, 2.05) is 0 Å². The maximum atomic E-state index is 11.9. The molecule has 2 aliphatic rings. The SMILES string of the molecule is CC1CC2C(=O)N(CCCBr)C(=O)C2C1. The van der Waals surface area contributed by atoms with Gasteiger partial charge in [0.2, 0.25) is 11.8 Å². The average Bonchev–Trinajstić information content (AvgIpc) is 2.67. The lowest BCUT2D eigenvalue weighted by Gasteiger charge is -2.15. The third kappa shape index (κ3) is 1.84. The third-order valence-corrected chi connectivity index (χ3v) is 4.04. The van der Waals surface area contributed by atoms with E-state index in [4.69, 9.17) is 0 Å². The Morgan fingerprint density at radius 1 is 1.27 bits per heavy atom. The van der Waals surface area contributed by atoms with Crippen LogP contribution >= 0.6 is 15.9 Å². The molecule has 2 rings (SSSR count). The number of imide groups is 1. The van der Waals surface area contributed by atoms with Crippen molar-refractivity contribution in [2.75, 3.05) is 11.9 Å². The first-order valence-corrected chi connectivity index (χ1v) is 6.68. The topological polar surface area (TPSA) is 37.4 Å². The van der Waals surface area contributed by atoms with Gasteiger partial charge in [0.05, 0.1) is 11.8 Å². The summed E-state index contributed by atoms with van der Waals surface area (Å²) in [4.78, 5) is 25.4. The van der Waals surface area contributed by atoms with Crippen molar-refractivity contribution in [3.8, 4) is 0 Å². The predicted molar refractivity (Wildman–Crippen MR) is 60.5 cm³/mol. The zero-order valence-electron chi connectivity index (χ0n) is 8.91. The number of carbonyl (C=O) groups is 2. The minimum absolute atomic E-state index is 0.00262. The van der Waals surface area contributed by atoms with Crippen molar-refractivity contribution in [1.82, 2.24) is 4.90 Å². The van der Waals surface area contributed by atoms with Crippen LogP contribution in [0.3, 0.4) is 0 Å². The van der Waals surface area contributed by atoms with Crippen LogP contribution in [0.2, 0.25) is 0 Å². The highest BCUT2D eigenvalue weighted by Gasteiger charge is 2.51. The van der Waals surface area contributed by atoms with Gasteiger partial charge in [0, 0.05) is 11.9 Å². The largest absolute Gasteiger partial charge is 0.282 e. The molecular formula is C11H16BrNO2. The van der Waals surface area contributed by atoms with E-state index in [1.165, 1.54) is 4.90 Å². The van der Waals surface area contributed by atoms with Gasteiger partial charge in [0.25, 0.3) is 0 Å². The lowest BCUT2D eigenvalue weighted by Crippen LogP contribution is -2.33. The summed E-state index contributed by atoms with van der Waals surface area (Å²) in [5, 5.41) is 0.843. The highest BCUT2D eigenvalue weighted by molar-refractivity contribution is 9.09. The van der Waals surface area contributed by atoms with E-state index in [0.717, 1.165) is 24.6 Å². The van der Waals surface area contributed by atoms with Gasteiger partial charge in [-0.2, -0.15) is 0 Å². The molecule has 0 aromatic carbocycles. The minimum Gasteiger partial charge on any atom is -0.282 e. The maximum absolute atomic E-state index is 11.9. The van der Waals surface area contributed by atoms with Gasteiger partial charge in [-0.25, -0.2) is 0 Å². The Hall–Kier alpha value is -0.380. The number of nitrogens with zero attached hydrogens (tertiary/aromatic N) is 1. The molecule has 0 radical (unpaired) electrons. The van der Waals surface area contributed by atoms with Crippen LogP contribution in [0.25, 0.3) is 0 Å². The van der Waals surface area contributed by atoms with Gasteiger partial charge >= 0.3 is 0 Å². The number of alkyl halides is 1. The molecule has 2 unspecified atom stereocenters. The van der Waals surface area contributed by atoms with Gasteiger partial charge in [-0.3, -0.25) is 14.5 Å². The van der Waals surface area contributed by atoms with E-state index in [-0.39, 0.29) is 23.7 Å². The van der Waals surface area contributed by atoms with E-state index >= 15 is 0 Å². The summed E-state index contributed by atoms with van der Waals surface area (Å²) in [6.07, 6.45) is 2.66. The summed E-state index contributed by atoms with van der Waals surface area (Å²) in [6.45, 7) is 2.71. The Kier molecular flexibility index (Phi) is 3.14. The van der Waals surface area contributed by atoms with Crippen LogP contribution in [-0.2, 0) is 9.59 Å². The van der Waals surface area contributed by atoms with E-state index < -0.39 is 0 Å². The van der Waals surface area contributed by atoms with Crippen LogP contribution in [0.1, 0.15) is 26.2 Å². The standard InChI is InChI=1S/C11H16BrNO2/c1-7-5-8-9(6-7)11(15)13(10(8)14)4-2-3-12/h7-9H,2-6H2,1H3. The number of fused-ring (bicyclic) bond motifs is 1. The Morgan fingerprint density at radius 2 is 1.80 bits per heavy atom. The number of hydrogen-bond acceptors (Lipinski definition) is 2. The van der Waals surface area contributed by atoms with Gasteiger partial charge in [-0.1, -0.05) is 22.9 Å². The molecule has 2 atom stereocenters. The number of hydrogen-bond donors (Lipinski definition) is 0. The van der Waals surface area contributed by atoms with Crippen molar-refractivity contribution in [1.29, 1.82) is 0 Å². The fourth-order valence-corrected chi connectivity index (χ4v) is 3.04. The first-order chi connectivity index (χ1) is 7.15. The molecular weight excluding hydrogens is 258 g/mol. The Morgan fingerprint density at radius 3 is 2.27 bits per heavy atom. The summed E-state index contributed by atoms with van der Waals surface area (Å²) < 4.78 is 0. The van der Waals surface area contributed by atoms with Crippen molar-refractivity contribution in [2.24, 2.45) is 17.8 Å². The summed E-state index contributed by atoms with van der Waals surface area (Å²) in [7, 11) is 0.